The molecule has 1 amide bonds. The number of nitrogens with two attached hydrogens (primary N) is 1. The second kappa shape index (κ2) is 5.15. The van der Waals surface area contributed by atoms with E-state index < -0.39 is 0 Å². The minimum absolute atomic E-state index is 0.174. The molecule has 2 N–H and O–H groups in total. The molecule has 0 aliphatic carbocycles. The molecule has 0 aromatic carbocycles. The Labute approximate surface area is 97.1 Å². The van der Waals surface area contributed by atoms with Gasteiger partial charge in [0.15, 0.2) is 0 Å². The van der Waals surface area contributed by atoms with E-state index in [1.165, 1.54) is 0 Å². The van der Waals surface area contributed by atoms with Gasteiger partial charge in [0.05, 0.1) is 0 Å². The first kappa shape index (κ1) is 11.9. The highest BCUT2D eigenvalue weighted by Crippen LogP contribution is 2.22. The van der Waals surface area contributed by atoms with Crippen LogP contribution in [0.1, 0.15) is 32.6 Å². The monoisotopic (exact) mass is 226 g/mol. The number of rotatable bonds is 2. The maximum Gasteiger partial charge on any atom is 0.251 e. The number of likely N-dealkylation sites (tertiary alicyclic amines) is 1. The topological polar surface area (TPSA) is 55.6 Å². The molecule has 2 heterocycles. The van der Waals surface area contributed by atoms with Gasteiger partial charge in [-0.05, 0) is 25.2 Å². The van der Waals surface area contributed by atoms with E-state index in [2.05, 4.69) is 6.92 Å². The number of hydrogen-bond acceptors (Lipinski definition) is 3. The summed E-state index contributed by atoms with van der Waals surface area (Å²) in [7, 11) is 0. The number of nitrogens with zero attached hydrogens (tertiary/aromatic N) is 1. The number of carbonyl (C=O) groups is 1. The van der Waals surface area contributed by atoms with Crippen LogP contribution in [0.5, 0.6) is 0 Å². The van der Waals surface area contributed by atoms with Crippen molar-refractivity contribution >= 4 is 5.91 Å². The van der Waals surface area contributed by atoms with E-state index in [0.717, 1.165) is 45.4 Å². The largest absolute Gasteiger partial charge is 0.368 e. The molecule has 3 atom stereocenters. The van der Waals surface area contributed by atoms with Crippen LogP contribution in [0, 0.1) is 5.92 Å². The third-order valence-corrected chi connectivity index (χ3v) is 3.83. The molecular formula is C12H22N2O2. The van der Waals surface area contributed by atoms with Crippen LogP contribution in [0.2, 0.25) is 0 Å². The molecule has 4 nitrogen and oxygen atoms in total. The summed E-state index contributed by atoms with van der Waals surface area (Å²) in [5, 5.41) is 0. The first-order valence-electron chi connectivity index (χ1n) is 6.38. The van der Waals surface area contributed by atoms with Gasteiger partial charge >= 0.3 is 0 Å². The number of amides is 1. The minimum atomic E-state index is -0.174. The van der Waals surface area contributed by atoms with E-state index in [4.69, 9.17) is 10.5 Å². The lowest BCUT2D eigenvalue weighted by Gasteiger charge is -2.37. The number of carbonyl (C=O) groups excluding carboxylic acids is 1. The average molecular weight is 226 g/mol. The fourth-order valence-electron chi connectivity index (χ4n) is 2.66. The fourth-order valence-corrected chi connectivity index (χ4v) is 2.66. The van der Waals surface area contributed by atoms with Crippen LogP contribution in [0.3, 0.4) is 0 Å². The molecule has 0 radical (unpaired) electrons. The van der Waals surface area contributed by atoms with Crippen LogP contribution in [-0.4, -0.2) is 42.6 Å². The van der Waals surface area contributed by atoms with E-state index in [0.29, 0.717) is 5.92 Å². The maximum atomic E-state index is 12.1. The van der Waals surface area contributed by atoms with Crippen molar-refractivity contribution in [1.29, 1.82) is 0 Å². The van der Waals surface area contributed by atoms with Gasteiger partial charge in [-0.25, -0.2) is 0 Å². The molecule has 2 saturated heterocycles. The lowest BCUT2D eigenvalue weighted by molar-refractivity contribution is -0.143. The zero-order valence-electron chi connectivity index (χ0n) is 10.0. The first-order chi connectivity index (χ1) is 7.72. The molecule has 2 unspecified atom stereocenters. The van der Waals surface area contributed by atoms with Gasteiger partial charge in [0.2, 0.25) is 0 Å². The van der Waals surface area contributed by atoms with Crippen molar-refractivity contribution in [3.05, 3.63) is 0 Å². The predicted octanol–water partition coefficient (Wildman–Crippen LogP) is 0.751. The molecule has 0 spiro atoms. The molecule has 0 saturated carbocycles. The molecule has 0 bridgehead atoms. The smallest absolute Gasteiger partial charge is 0.251 e. The molecule has 0 aromatic rings. The number of piperidine rings is 1. The van der Waals surface area contributed by atoms with Gasteiger partial charge in [0, 0.05) is 25.7 Å². The summed E-state index contributed by atoms with van der Waals surface area (Å²) in [6, 6.07) is 0.263. The Morgan fingerprint density at radius 1 is 1.50 bits per heavy atom. The Bertz CT molecular complexity index is 251. The van der Waals surface area contributed by atoms with Crippen LogP contribution < -0.4 is 5.73 Å². The van der Waals surface area contributed by atoms with Gasteiger partial charge in [-0.15, -0.1) is 0 Å². The molecule has 4 heteroatoms. The summed E-state index contributed by atoms with van der Waals surface area (Å²) >= 11 is 0. The minimum Gasteiger partial charge on any atom is -0.368 e. The quantitative estimate of drug-likeness (QED) is 0.756. The zero-order chi connectivity index (χ0) is 11.5. The van der Waals surface area contributed by atoms with E-state index in [1.54, 1.807) is 0 Å². The van der Waals surface area contributed by atoms with Crippen molar-refractivity contribution in [2.45, 2.75) is 44.8 Å². The Balaban J connectivity index is 1.91. The summed E-state index contributed by atoms with van der Waals surface area (Å²) < 4.78 is 5.44. The highest BCUT2D eigenvalue weighted by molar-refractivity contribution is 5.81. The number of hydrogen-bond donors (Lipinski definition) is 1. The van der Waals surface area contributed by atoms with E-state index in [1.807, 2.05) is 4.90 Å². The highest BCUT2D eigenvalue weighted by Gasteiger charge is 2.33. The molecule has 0 aromatic heterocycles. The summed E-state index contributed by atoms with van der Waals surface area (Å²) in [6.07, 6.45) is 3.71. The summed E-state index contributed by atoms with van der Waals surface area (Å²) in [5.41, 5.74) is 6.04. The van der Waals surface area contributed by atoms with Gasteiger partial charge in [0.25, 0.3) is 5.91 Å². The van der Waals surface area contributed by atoms with Crippen molar-refractivity contribution < 1.29 is 9.53 Å². The molecule has 16 heavy (non-hydrogen) atoms. The van der Waals surface area contributed by atoms with E-state index >= 15 is 0 Å². The lowest BCUT2D eigenvalue weighted by Crippen LogP contribution is -2.51. The standard InChI is InChI=1S/C12H22N2O2/c1-2-9-8-14(6-5-10(9)13)12(15)11-4-3-7-16-11/h9-11H,2-8,13H2,1H3/t9?,10?,11-/m1/s1. The lowest BCUT2D eigenvalue weighted by atomic mass is 9.90. The molecular weight excluding hydrogens is 204 g/mol. The van der Waals surface area contributed by atoms with Crippen molar-refractivity contribution in [2.24, 2.45) is 11.7 Å². The van der Waals surface area contributed by atoms with Crippen LogP contribution >= 0.6 is 0 Å². The van der Waals surface area contributed by atoms with Crippen LogP contribution in [-0.2, 0) is 9.53 Å². The Morgan fingerprint density at radius 2 is 2.31 bits per heavy atom. The molecule has 2 aliphatic heterocycles. The summed E-state index contributed by atoms with van der Waals surface area (Å²) in [6.45, 7) is 4.50. The molecule has 2 aliphatic rings. The highest BCUT2D eigenvalue weighted by atomic mass is 16.5. The third kappa shape index (κ3) is 2.38. The van der Waals surface area contributed by atoms with Gasteiger partial charge in [-0.3, -0.25) is 4.79 Å². The maximum absolute atomic E-state index is 12.1. The van der Waals surface area contributed by atoms with E-state index in [9.17, 15) is 4.79 Å². The SMILES string of the molecule is CCC1CN(C(=O)[C@H]2CCCO2)CCC1N. The van der Waals surface area contributed by atoms with E-state index in [-0.39, 0.29) is 18.1 Å². The first-order valence-corrected chi connectivity index (χ1v) is 6.38. The van der Waals surface area contributed by atoms with Crippen molar-refractivity contribution in [3.8, 4) is 0 Å². The average Bonchev–Trinajstić information content (AvgIpc) is 2.82. The van der Waals surface area contributed by atoms with Crippen LogP contribution in [0.25, 0.3) is 0 Å². The van der Waals surface area contributed by atoms with Crippen molar-refractivity contribution in [2.75, 3.05) is 19.7 Å². The molecule has 2 fully saturated rings. The number of ether oxygens (including phenoxy) is 1. The van der Waals surface area contributed by atoms with Gasteiger partial charge in [0.1, 0.15) is 6.10 Å². The third-order valence-electron chi connectivity index (χ3n) is 3.83. The Hall–Kier alpha value is -0.610. The second-order valence-electron chi connectivity index (χ2n) is 4.91. The van der Waals surface area contributed by atoms with Gasteiger partial charge in [-0.2, -0.15) is 0 Å². The Kier molecular flexibility index (Phi) is 3.82. The van der Waals surface area contributed by atoms with Crippen molar-refractivity contribution in [3.63, 3.8) is 0 Å². The fraction of sp³-hybridized carbons (Fsp3) is 0.917. The molecule has 2 rings (SSSR count). The van der Waals surface area contributed by atoms with Gasteiger partial charge in [-0.1, -0.05) is 13.3 Å². The van der Waals surface area contributed by atoms with Crippen LogP contribution in [0.15, 0.2) is 0 Å². The summed E-state index contributed by atoms with van der Waals surface area (Å²) in [5.74, 6) is 0.641. The second-order valence-corrected chi connectivity index (χ2v) is 4.91. The molecule has 92 valence electrons. The summed E-state index contributed by atoms with van der Waals surface area (Å²) in [4.78, 5) is 14.1. The van der Waals surface area contributed by atoms with Gasteiger partial charge < -0.3 is 15.4 Å². The van der Waals surface area contributed by atoms with Crippen molar-refractivity contribution in [1.82, 2.24) is 4.90 Å². The Morgan fingerprint density at radius 3 is 2.94 bits per heavy atom. The van der Waals surface area contributed by atoms with Crippen LogP contribution in [0.4, 0.5) is 0 Å². The predicted molar refractivity (Wildman–Crippen MR) is 61.9 cm³/mol. The zero-order valence-corrected chi connectivity index (χ0v) is 10.0. The normalized spacial score (nSPS) is 35.4.